The van der Waals surface area contributed by atoms with E-state index in [4.69, 9.17) is 4.74 Å². The van der Waals surface area contributed by atoms with Gasteiger partial charge in [-0.05, 0) is 44.7 Å². The van der Waals surface area contributed by atoms with Gasteiger partial charge in [0, 0.05) is 19.3 Å². The zero-order valence-electron chi connectivity index (χ0n) is 14.4. The van der Waals surface area contributed by atoms with Gasteiger partial charge in [-0.15, -0.1) is 0 Å². The Bertz CT molecular complexity index is 836. The predicted octanol–water partition coefficient (Wildman–Crippen LogP) is 1.93. The van der Waals surface area contributed by atoms with Crippen molar-refractivity contribution in [3.63, 3.8) is 0 Å². The summed E-state index contributed by atoms with van der Waals surface area (Å²) in [6.45, 7) is 2.26. The molecule has 0 radical (unpaired) electrons. The first-order chi connectivity index (χ1) is 12.0. The topological polar surface area (TPSA) is 67.1 Å². The molecule has 2 aromatic rings. The number of nitrogens with zero attached hydrogens (tertiary/aromatic N) is 3. The van der Waals surface area contributed by atoms with Gasteiger partial charge in [0.05, 0.1) is 17.7 Å². The van der Waals surface area contributed by atoms with E-state index in [1.54, 1.807) is 37.1 Å². The summed E-state index contributed by atoms with van der Waals surface area (Å²) in [4.78, 5) is 18.9. The molecule has 0 unspecified atom stereocenters. The third kappa shape index (κ3) is 2.37. The van der Waals surface area contributed by atoms with Crippen molar-refractivity contribution >= 4 is 11.6 Å². The molecule has 3 heterocycles. The van der Waals surface area contributed by atoms with E-state index in [2.05, 4.69) is 4.98 Å². The molecule has 1 aliphatic carbocycles. The van der Waals surface area contributed by atoms with E-state index in [0.29, 0.717) is 43.6 Å². The fourth-order valence-corrected chi connectivity index (χ4v) is 4.40. The molecule has 2 aromatic heterocycles. The molecular weight excluding hydrogens is 325 g/mol. The highest BCUT2D eigenvalue weighted by molar-refractivity contribution is 5.93. The molecule has 7 heteroatoms. The minimum Gasteiger partial charge on any atom is -0.393 e. The molecule has 0 bridgehead atoms. The van der Waals surface area contributed by atoms with Gasteiger partial charge in [0.2, 0.25) is 5.95 Å². The zero-order chi connectivity index (χ0) is 17.8. The van der Waals surface area contributed by atoms with Crippen LogP contribution in [-0.4, -0.2) is 56.7 Å². The van der Waals surface area contributed by atoms with E-state index in [-0.39, 0.29) is 11.7 Å². The van der Waals surface area contributed by atoms with Gasteiger partial charge in [0.1, 0.15) is 5.65 Å². The summed E-state index contributed by atoms with van der Waals surface area (Å²) in [6, 6.07) is 4.99. The van der Waals surface area contributed by atoms with Crippen LogP contribution in [0.4, 0.5) is 4.39 Å². The highest BCUT2D eigenvalue weighted by Gasteiger charge is 2.53. The maximum atomic E-state index is 14.8. The molecule has 1 saturated carbocycles. The van der Waals surface area contributed by atoms with Crippen LogP contribution in [0.5, 0.6) is 0 Å². The van der Waals surface area contributed by atoms with Crippen LogP contribution in [0.1, 0.15) is 41.9 Å². The first-order valence-electron chi connectivity index (χ1n) is 8.64. The Morgan fingerprint density at radius 1 is 1.44 bits per heavy atom. The minimum atomic E-state index is -0.635. The summed E-state index contributed by atoms with van der Waals surface area (Å²) >= 11 is 0. The molecule has 2 fully saturated rings. The van der Waals surface area contributed by atoms with E-state index in [1.165, 1.54) is 4.40 Å². The van der Waals surface area contributed by atoms with E-state index >= 15 is 0 Å². The molecule has 1 saturated heterocycles. The molecule has 4 rings (SSSR count). The Balaban J connectivity index is 1.72. The van der Waals surface area contributed by atoms with Crippen molar-refractivity contribution in [3.8, 4) is 0 Å². The van der Waals surface area contributed by atoms with Crippen LogP contribution < -0.4 is 0 Å². The van der Waals surface area contributed by atoms with Gasteiger partial charge in [0.25, 0.3) is 5.91 Å². The summed E-state index contributed by atoms with van der Waals surface area (Å²) < 4.78 is 21.9. The van der Waals surface area contributed by atoms with Crippen LogP contribution in [0.25, 0.3) is 5.65 Å². The number of methoxy groups -OCH3 is 1. The lowest BCUT2D eigenvalue weighted by Crippen LogP contribution is -2.52. The second kappa shape index (κ2) is 5.78. The molecular formula is C18H22FN3O3. The fraction of sp³-hybridized carbons (Fsp3) is 0.556. The standard InChI is InChI=1S/C18H22FN3O3/c1-11-4-3-5-14-20-15(16(19)22(11)14)17(24)21-9-8-18(25-2)7-6-12(23)10-13(18)21/h3-5,12-13,23H,6-10H2,1-2H3/t12-,13+,18-/m1/s1. The maximum absolute atomic E-state index is 14.8. The van der Waals surface area contributed by atoms with E-state index in [0.717, 1.165) is 0 Å². The van der Waals surface area contributed by atoms with Crippen LogP contribution in [0.3, 0.4) is 0 Å². The molecule has 1 N–H and O–H groups in total. The summed E-state index contributed by atoms with van der Waals surface area (Å²) in [6.07, 6.45) is 2.05. The van der Waals surface area contributed by atoms with Crippen molar-refractivity contribution in [2.24, 2.45) is 0 Å². The average Bonchev–Trinajstić information content (AvgIpc) is 3.14. The number of aliphatic hydroxyl groups excluding tert-OH is 1. The number of fused-ring (bicyclic) bond motifs is 2. The number of hydrogen-bond acceptors (Lipinski definition) is 4. The number of pyridine rings is 1. The lowest BCUT2D eigenvalue weighted by molar-refractivity contribution is -0.0825. The summed E-state index contributed by atoms with van der Waals surface area (Å²) in [5.74, 6) is -1.07. The number of amides is 1. The molecule has 0 aromatic carbocycles. The van der Waals surface area contributed by atoms with E-state index in [1.807, 2.05) is 0 Å². The Morgan fingerprint density at radius 2 is 2.24 bits per heavy atom. The van der Waals surface area contributed by atoms with E-state index in [9.17, 15) is 14.3 Å². The number of aryl methyl sites for hydroxylation is 1. The number of halogens is 1. The number of hydrogen-bond donors (Lipinski definition) is 1. The van der Waals surface area contributed by atoms with Crippen molar-refractivity contribution in [3.05, 3.63) is 35.5 Å². The van der Waals surface area contributed by atoms with Crippen molar-refractivity contribution in [1.29, 1.82) is 0 Å². The number of aliphatic hydroxyl groups is 1. The normalized spacial score (nSPS) is 29.2. The highest BCUT2D eigenvalue weighted by atomic mass is 19.1. The van der Waals surface area contributed by atoms with Crippen LogP contribution >= 0.6 is 0 Å². The van der Waals surface area contributed by atoms with Crippen LogP contribution in [0.15, 0.2) is 18.2 Å². The molecule has 6 nitrogen and oxygen atoms in total. The first kappa shape index (κ1) is 16.5. The van der Waals surface area contributed by atoms with E-state index < -0.39 is 23.6 Å². The number of carbonyl (C=O) groups is 1. The highest BCUT2D eigenvalue weighted by Crippen LogP contribution is 2.43. The summed E-state index contributed by atoms with van der Waals surface area (Å²) in [5, 5.41) is 10.1. The minimum absolute atomic E-state index is 0.165. The fourth-order valence-electron chi connectivity index (χ4n) is 4.40. The average molecular weight is 347 g/mol. The van der Waals surface area contributed by atoms with Gasteiger partial charge in [-0.25, -0.2) is 4.98 Å². The van der Waals surface area contributed by atoms with Crippen LogP contribution in [0.2, 0.25) is 0 Å². The number of carbonyl (C=O) groups excluding carboxylic acids is 1. The summed E-state index contributed by atoms with van der Waals surface area (Å²) in [7, 11) is 1.65. The van der Waals surface area contributed by atoms with Gasteiger partial charge in [0.15, 0.2) is 5.69 Å². The SMILES string of the molecule is CO[C@@]12CC[C@@H](O)C[C@@H]1N(C(=O)c1nc3cccc(C)n3c1F)CC2. The van der Waals surface area contributed by atoms with Crippen molar-refractivity contribution < 1.29 is 19.0 Å². The Labute approximate surface area is 145 Å². The molecule has 25 heavy (non-hydrogen) atoms. The maximum Gasteiger partial charge on any atom is 0.277 e. The number of imidazole rings is 1. The number of likely N-dealkylation sites (tertiary alicyclic amines) is 1. The number of rotatable bonds is 2. The Kier molecular flexibility index (Phi) is 3.81. The smallest absolute Gasteiger partial charge is 0.277 e. The molecule has 0 spiro atoms. The second-order valence-electron chi connectivity index (χ2n) is 7.07. The molecule has 1 aliphatic heterocycles. The zero-order valence-corrected chi connectivity index (χ0v) is 14.4. The van der Waals surface area contributed by atoms with Crippen molar-refractivity contribution in [1.82, 2.24) is 14.3 Å². The Hall–Kier alpha value is -1.99. The first-order valence-corrected chi connectivity index (χ1v) is 8.64. The molecule has 134 valence electrons. The lowest BCUT2D eigenvalue weighted by atomic mass is 9.79. The van der Waals surface area contributed by atoms with Gasteiger partial charge >= 0.3 is 0 Å². The van der Waals surface area contributed by atoms with Gasteiger partial charge < -0.3 is 14.7 Å². The number of aromatic nitrogens is 2. The second-order valence-corrected chi connectivity index (χ2v) is 7.07. The van der Waals surface area contributed by atoms with Crippen molar-refractivity contribution in [2.45, 2.75) is 50.4 Å². The largest absolute Gasteiger partial charge is 0.393 e. The number of ether oxygens (including phenoxy) is 1. The lowest BCUT2D eigenvalue weighted by Gasteiger charge is -2.42. The van der Waals surface area contributed by atoms with Crippen molar-refractivity contribution in [2.75, 3.05) is 13.7 Å². The molecule has 3 atom stereocenters. The van der Waals surface area contributed by atoms with Crippen LogP contribution in [0, 0.1) is 12.9 Å². The summed E-state index contributed by atoms with van der Waals surface area (Å²) in [5.41, 5.74) is 0.491. The predicted molar refractivity (Wildman–Crippen MR) is 88.9 cm³/mol. The van der Waals surface area contributed by atoms with Crippen LogP contribution in [-0.2, 0) is 4.74 Å². The van der Waals surface area contributed by atoms with Gasteiger partial charge in [-0.2, -0.15) is 4.39 Å². The van der Waals surface area contributed by atoms with Gasteiger partial charge in [-0.3, -0.25) is 9.20 Å². The molecule has 2 aliphatic rings. The van der Waals surface area contributed by atoms with Gasteiger partial charge in [-0.1, -0.05) is 6.07 Å². The Morgan fingerprint density at radius 3 is 2.96 bits per heavy atom. The molecule has 1 amide bonds. The monoisotopic (exact) mass is 347 g/mol. The third-order valence-corrected chi connectivity index (χ3v) is 5.81. The third-order valence-electron chi connectivity index (χ3n) is 5.81. The quantitative estimate of drug-likeness (QED) is 0.901.